The summed E-state index contributed by atoms with van der Waals surface area (Å²) in [4.78, 5) is 13.5. The summed E-state index contributed by atoms with van der Waals surface area (Å²) in [5.41, 5.74) is 4.07. The van der Waals surface area contributed by atoms with Gasteiger partial charge in [0, 0.05) is 71.6 Å². The van der Waals surface area contributed by atoms with Gasteiger partial charge in [-0.15, -0.1) is 0 Å². The Morgan fingerprint density at radius 2 is 1.74 bits per heavy atom. The number of anilines is 1. The molecular formula is C28H30F3N5O2S. The number of nitriles is 1. The van der Waals surface area contributed by atoms with Gasteiger partial charge in [0.25, 0.3) is 0 Å². The van der Waals surface area contributed by atoms with E-state index in [1.165, 1.54) is 12.1 Å². The number of benzene rings is 2. The number of nitrogens with one attached hydrogen (secondary N) is 1. The van der Waals surface area contributed by atoms with Crippen LogP contribution in [0, 0.1) is 23.1 Å². The Kier molecular flexibility index (Phi) is 9.41. The van der Waals surface area contributed by atoms with Crippen LogP contribution in [0.3, 0.4) is 0 Å². The zero-order valence-corrected chi connectivity index (χ0v) is 22.2. The van der Waals surface area contributed by atoms with Crippen LogP contribution in [-0.2, 0) is 15.6 Å². The fourth-order valence-corrected chi connectivity index (χ4v) is 5.69. The fraction of sp³-hybridized carbons (Fsp3) is 0.393. The minimum Gasteiger partial charge on any atom is -0.370 e. The second-order valence-corrected chi connectivity index (χ2v) is 11.3. The SMILES string of the molecule is N#CCNC(=O)C1CCCC(F)(F)C1.O=S1CCN(c2ccc(-c3cnn(-c4ccc(F)cc4)c3)cc2)CC1. The van der Waals surface area contributed by atoms with Crippen molar-refractivity contribution in [2.75, 3.05) is 36.0 Å². The fourth-order valence-electron chi connectivity index (χ4n) is 4.63. The highest BCUT2D eigenvalue weighted by atomic mass is 32.2. The van der Waals surface area contributed by atoms with Gasteiger partial charge in [-0.1, -0.05) is 12.1 Å². The van der Waals surface area contributed by atoms with Gasteiger partial charge in [0.2, 0.25) is 11.8 Å². The van der Waals surface area contributed by atoms with E-state index < -0.39 is 28.5 Å². The van der Waals surface area contributed by atoms with Crippen LogP contribution in [0.1, 0.15) is 25.7 Å². The van der Waals surface area contributed by atoms with Crippen LogP contribution < -0.4 is 10.2 Å². The van der Waals surface area contributed by atoms with Crippen molar-refractivity contribution in [3.63, 3.8) is 0 Å². The molecule has 2 aliphatic rings. The van der Waals surface area contributed by atoms with Crippen molar-refractivity contribution in [3.05, 3.63) is 66.7 Å². The summed E-state index contributed by atoms with van der Waals surface area (Å²) in [6.45, 7) is 1.57. The number of hydrogen-bond acceptors (Lipinski definition) is 5. The average molecular weight is 558 g/mol. The van der Waals surface area contributed by atoms with Gasteiger partial charge in [-0.3, -0.25) is 9.00 Å². The number of alkyl halides is 2. The van der Waals surface area contributed by atoms with E-state index in [1.807, 2.05) is 12.4 Å². The van der Waals surface area contributed by atoms with Gasteiger partial charge in [0.1, 0.15) is 12.4 Å². The summed E-state index contributed by atoms with van der Waals surface area (Å²) in [5.74, 6) is -2.54. The first kappa shape index (κ1) is 28.4. The van der Waals surface area contributed by atoms with E-state index in [2.05, 4.69) is 39.6 Å². The molecule has 1 aromatic heterocycles. The van der Waals surface area contributed by atoms with Gasteiger partial charge in [-0.05, 0) is 54.8 Å². The van der Waals surface area contributed by atoms with Crippen LogP contribution in [0.25, 0.3) is 16.8 Å². The highest BCUT2D eigenvalue weighted by Gasteiger charge is 2.38. The molecule has 5 rings (SSSR count). The third-order valence-electron chi connectivity index (χ3n) is 6.77. The smallest absolute Gasteiger partial charge is 0.248 e. The Labute approximate surface area is 228 Å². The number of nitrogens with zero attached hydrogens (tertiary/aromatic N) is 4. The normalized spacial score (nSPS) is 18.9. The largest absolute Gasteiger partial charge is 0.370 e. The lowest BCUT2D eigenvalue weighted by Gasteiger charge is -2.28. The van der Waals surface area contributed by atoms with Gasteiger partial charge in [-0.2, -0.15) is 10.4 Å². The number of carbonyl (C=O) groups excluding carboxylic acids is 1. The van der Waals surface area contributed by atoms with Gasteiger partial charge < -0.3 is 10.2 Å². The monoisotopic (exact) mass is 557 g/mol. The molecule has 0 spiro atoms. The second-order valence-electron chi connectivity index (χ2n) is 9.56. The Bertz CT molecular complexity index is 1310. The molecule has 206 valence electrons. The number of amides is 1. The molecule has 2 aromatic carbocycles. The lowest BCUT2D eigenvalue weighted by Crippen LogP contribution is -2.37. The van der Waals surface area contributed by atoms with E-state index in [9.17, 15) is 22.2 Å². The Hall–Kier alpha value is -3.65. The highest BCUT2D eigenvalue weighted by molar-refractivity contribution is 7.85. The quantitative estimate of drug-likeness (QED) is 0.460. The van der Waals surface area contributed by atoms with Gasteiger partial charge in [0.05, 0.1) is 18.0 Å². The molecule has 0 bridgehead atoms. The van der Waals surface area contributed by atoms with Crippen LogP contribution in [-0.4, -0.2) is 57.0 Å². The zero-order chi connectivity index (χ0) is 27.8. The maximum Gasteiger partial charge on any atom is 0.248 e. The predicted molar refractivity (Wildman–Crippen MR) is 145 cm³/mol. The number of aromatic nitrogens is 2. The van der Waals surface area contributed by atoms with Crippen LogP contribution in [0.2, 0.25) is 0 Å². The van der Waals surface area contributed by atoms with Crippen molar-refractivity contribution in [1.29, 1.82) is 5.26 Å². The molecule has 1 aliphatic heterocycles. The van der Waals surface area contributed by atoms with Crippen LogP contribution in [0.5, 0.6) is 0 Å². The topological polar surface area (TPSA) is 91.0 Å². The number of rotatable bonds is 5. The van der Waals surface area contributed by atoms with Gasteiger partial charge in [0.15, 0.2) is 0 Å². The van der Waals surface area contributed by atoms with Crippen molar-refractivity contribution < 1.29 is 22.2 Å². The molecule has 2 fully saturated rings. The third kappa shape index (κ3) is 7.93. The van der Waals surface area contributed by atoms with E-state index >= 15 is 0 Å². The molecule has 0 radical (unpaired) electrons. The van der Waals surface area contributed by atoms with E-state index in [4.69, 9.17) is 5.26 Å². The van der Waals surface area contributed by atoms with Crippen molar-refractivity contribution in [2.24, 2.45) is 5.92 Å². The molecule has 7 nitrogen and oxygen atoms in total. The summed E-state index contributed by atoms with van der Waals surface area (Å²) >= 11 is 0. The van der Waals surface area contributed by atoms with Gasteiger partial charge >= 0.3 is 0 Å². The van der Waals surface area contributed by atoms with Crippen molar-refractivity contribution in [2.45, 2.75) is 31.6 Å². The molecular weight excluding hydrogens is 527 g/mol. The molecule has 1 N–H and O–H groups in total. The number of halogens is 3. The average Bonchev–Trinajstić information content (AvgIpc) is 3.43. The Morgan fingerprint density at radius 1 is 1.08 bits per heavy atom. The van der Waals surface area contributed by atoms with Crippen LogP contribution in [0.15, 0.2) is 60.9 Å². The molecule has 1 atom stereocenters. The second kappa shape index (κ2) is 12.9. The maximum atomic E-state index is 13.0. The highest BCUT2D eigenvalue weighted by Crippen LogP contribution is 2.36. The van der Waals surface area contributed by atoms with Crippen molar-refractivity contribution >= 4 is 22.4 Å². The number of hydrogen-bond donors (Lipinski definition) is 1. The summed E-state index contributed by atoms with van der Waals surface area (Å²) in [6, 6.07) is 16.3. The van der Waals surface area contributed by atoms with E-state index in [0.717, 1.165) is 47.1 Å². The van der Waals surface area contributed by atoms with E-state index in [0.29, 0.717) is 12.8 Å². The lowest BCUT2D eigenvalue weighted by molar-refractivity contribution is -0.131. The Balaban J connectivity index is 0.000000215. The minimum atomic E-state index is -2.72. The molecule has 3 aromatic rings. The molecule has 1 saturated carbocycles. The molecule has 2 heterocycles. The lowest BCUT2D eigenvalue weighted by atomic mass is 9.86. The Morgan fingerprint density at radius 3 is 2.38 bits per heavy atom. The summed E-state index contributed by atoms with van der Waals surface area (Å²) < 4.78 is 52.0. The van der Waals surface area contributed by atoms with Crippen molar-refractivity contribution in [3.8, 4) is 22.9 Å². The van der Waals surface area contributed by atoms with Crippen LogP contribution >= 0.6 is 0 Å². The molecule has 1 amide bonds. The van der Waals surface area contributed by atoms with E-state index in [1.54, 1.807) is 22.9 Å². The van der Waals surface area contributed by atoms with Gasteiger partial charge in [-0.25, -0.2) is 17.9 Å². The first-order chi connectivity index (χ1) is 18.7. The summed E-state index contributed by atoms with van der Waals surface area (Å²) in [6.07, 6.45) is 4.10. The molecule has 1 aliphatic carbocycles. The predicted octanol–water partition coefficient (Wildman–Crippen LogP) is 4.70. The van der Waals surface area contributed by atoms with Crippen molar-refractivity contribution in [1.82, 2.24) is 15.1 Å². The van der Waals surface area contributed by atoms with Crippen LogP contribution in [0.4, 0.5) is 18.9 Å². The standard InChI is InChI=1S/C19H18FN3OS.C9H12F2N2O/c20-17-3-7-19(8-4-17)23-14-16(13-21-23)15-1-5-18(6-2-15)22-9-11-25(24)12-10-22;10-9(11)3-1-2-7(6-9)8(14)13-5-4-12/h1-8,13-14H,9-12H2;7H,1-3,5-6H2,(H,13,14). The first-order valence-corrected chi connectivity index (χ1v) is 14.3. The summed E-state index contributed by atoms with van der Waals surface area (Å²) in [5, 5.41) is 14.9. The maximum absolute atomic E-state index is 13.0. The minimum absolute atomic E-state index is 0.110. The molecule has 11 heteroatoms. The number of carbonyl (C=O) groups is 1. The first-order valence-electron chi connectivity index (χ1n) is 12.8. The summed E-state index contributed by atoms with van der Waals surface area (Å²) in [7, 11) is -0.662. The zero-order valence-electron chi connectivity index (χ0n) is 21.4. The molecule has 1 saturated heterocycles. The third-order valence-corrected chi connectivity index (χ3v) is 8.05. The van der Waals surface area contributed by atoms with E-state index in [-0.39, 0.29) is 25.2 Å². The molecule has 39 heavy (non-hydrogen) atoms. The molecule has 1 unspecified atom stereocenters.